The minimum atomic E-state index is -0.923. The Bertz CT molecular complexity index is 611. The third-order valence-corrected chi connectivity index (χ3v) is 5.69. The maximum absolute atomic E-state index is 12.0. The average Bonchev–Trinajstić information content (AvgIpc) is 2.60. The molecule has 0 bridgehead atoms. The molecule has 1 atom stereocenters. The van der Waals surface area contributed by atoms with Gasteiger partial charge in [0, 0.05) is 18.2 Å². The molecule has 1 fully saturated rings. The minimum Gasteiger partial charge on any atom is -0.481 e. The smallest absolute Gasteiger partial charge is 0.305 e. The molecule has 0 aromatic heterocycles. The van der Waals surface area contributed by atoms with Crippen molar-refractivity contribution >= 4 is 11.9 Å². The van der Waals surface area contributed by atoms with E-state index in [1.54, 1.807) is 12.1 Å². The van der Waals surface area contributed by atoms with Crippen LogP contribution >= 0.6 is 0 Å². The summed E-state index contributed by atoms with van der Waals surface area (Å²) in [5, 5.41) is 11.2. The van der Waals surface area contributed by atoms with Gasteiger partial charge >= 0.3 is 5.97 Å². The molecular formula is C21H32N2O3. The summed E-state index contributed by atoms with van der Waals surface area (Å²) in [6.07, 6.45) is 4.69. The number of hydrogen-bond donors (Lipinski definition) is 3. The molecule has 0 radical (unpaired) electrons. The van der Waals surface area contributed by atoms with Gasteiger partial charge in [-0.15, -0.1) is 0 Å². The Hall–Kier alpha value is -1.88. The first-order chi connectivity index (χ1) is 12.2. The number of nitrogens with two attached hydrogens (primary N) is 1. The molecule has 1 aliphatic rings. The Labute approximate surface area is 156 Å². The van der Waals surface area contributed by atoms with Crippen molar-refractivity contribution in [1.82, 2.24) is 5.32 Å². The molecule has 0 saturated heterocycles. The minimum absolute atomic E-state index is 0.0000370. The van der Waals surface area contributed by atoms with E-state index < -0.39 is 5.97 Å². The van der Waals surface area contributed by atoms with Crippen LogP contribution in [0.15, 0.2) is 24.3 Å². The Morgan fingerprint density at radius 2 is 1.73 bits per heavy atom. The first-order valence-electron chi connectivity index (χ1n) is 9.54. The molecular weight excluding hydrogens is 328 g/mol. The Balaban J connectivity index is 1.89. The molecule has 1 saturated carbocycles. The van der Waals surface area contributed by atoms with Crippen LogP contribution in [-0.2, 0) is 4.79 Å². The highest BCUT2D eigenvalue weighted by molar-refractivity contribution is 5.94. The van der Waals surface area contributed by atoms with Gasteiger partial charge in [0.1, 0.15) is 0 Å². The fourth-order valence-corrected chi connectivity index (χ4v) is 3.86. The third kappa shape index (κ3) is 5.56. The lowest BCUT2D eigenvalue weighted by Gasteiger charge is -2.38. The van der Waals surface area contributed by atoms with Crippen LogP contribution in [0.2, 0.25) is 0 Å². The first-order valence-corrected chi connectivity index (χ1v) is 9.54. The van der Waals surface area contributed by atoms with Gasteiger partial charge in [0.05, 0.1) is 6.42 Å². The van der Waals surface area contributed by atoms with Crippen LogP contribution in [0.1, 0.15) is 74.8 Å². The summed E-state index contributed by atoms with van der Waals surface area (Å²) < 4.78 is 0. The Morgan fingerprint density at radius 1 is 1.15 bits per heavy atom. The van der Waals surface area contributed by atoms with Gasteiger partial charge in [0.25, 0.3) is 5.91 Å². The highest BCUT2D eigenvalue weighted by atomic mass is 16.4. The molecule has 1 aromatic carbocycles. The van der Waals surface area contributed by atoms with E-state index in [1.807, 2.05) is 12.1 Å². The molecule has 4 N–H and O–H groups in total. The molecule has 0 heterocycles. The number of carbonyl (C=O) groups excluding carboxylic acids is 1. The summed E-state index contributed by atoms with van der Waals surface area (Å²) in [5.41, 5.74) is 8.46. The maximum atomic E-state index is 12.0. The number of carbonyl (C=O) groups is 2. The molecule has 1 aliphatic carbocycles. The Kier molecular flexibility index (Phi) is 6.81. The van der Waals surface area contributed by atoms with Gasteiger partial charge < -0.3 is 16.2 Å². The van der Waals surface area contributed by atoms with Crippen LogP contribution in [0.25, 0.3) is 0 Å². The van der Waals surface area contributed by atoms with Crippen LogP contribution in [0.5, 0.6) is 0 Å². The van der Waals surface area contributed by atoms with E-state index in [0.29, 0.717) is 16.9 Å². The molecule has 1 aromatic rings. The van der Waals surface area contributed by atoms with Gasteiger partial charge in [0.2, 0.25) is 0 Å². The van der Waals surface area contributed by atoms with Crippen LogP contribution < -0.4 is 11.1 Å². The molecule has 1 amide bonds. The zero-order chi connectivity index (χ0) is 19.3. The van der Waals surface area contributed by atoms with Crippen molar-refractivity contribution in [2.45, 2.75) is 58.9 Å². The lowest BCUT2D eigenvalue weighted by atomic mass is 9.68. The summed E-state index contributed by atoms with van der Waals surface area (Å²) in [7, 11) is 0. The van der Waals surface area contributed by atoms with E-state index in [-0.39, 0.29) is 24.9 Å². The SMILES string of the molecule is CC(C)(C)C1CCC(C(N)c2ccc(C(=O)NCCC(=O)O)cc2)CC1. The van der Waals surface area contributed by atoms with Crippen molar-refractivity contribution in [3.05, 3.63) is 35.4 Å². The van der Waals surface area contributed by atoms with Crippen molar-refractivity contribution in [2.75, 3.05) is 6.54 Å². The zero-order valence-electron chi connectivity index (χ0n) is 16.1. The van der Waals surface area contributed by atoms with E-state index in [9.17, 15) is 9.59 Å². The topological polar surface area (TPSA) is 92.4 Å². The van der Waals surface area contributed by atoms with Crippen molar-refractivity contribution < 1.29 is 14.7 Å². The highest BCUT2D eigenvalue weighted by Crippen LogP contribution is 2.42. The number of hydrogen-bond acceptors (Lipinski definition) is 3. The fraction of sp³-hybridized carbons (Fsp3) is 0.619. The number of rotatable bonds is 6. The van der Waals surface area contributed by atoms with Crippen LogP contribution in [0.4, 0.5) is 0 Å². The van der Waals surface area contributed by atoms with Gasteiger partial charge in [-0.2, -0.15) is 0 Å². The summed E-state index contributed by atoms with van der Waals surface area (Å²) in [6, 6.07) is 7.39. The van der Waals surface area contributed by atoms with Crippen molar-refractivity contribution in [3.63, 3.8) is 0 Å². The van der Waals surface area contributed by atoms with E-state index in [2.05, 4.69) is 26.1 Å². The first kappa shape index (κ1) is 20.4. The molecule has 0 aliphatic heterocycles. The number of carboxylic acids is 1. The number of amides is 1. The highest BCUT2D eigenvalue weighted by Gasteiger charge is 2.32. The van der Waals surface area contributed by atoms with Gasteiger partial charge in [-0.25, -0.2) is 0 Å². The molecule has 5 heteroatoms. The number of benzene rings is 1. The van der Waals surface area contributed by atoms with Crippen molar-refractivity contribution in [3.8, 4) is 0 Å². The second-order valence-electron chi connectivity index (χ2n) is 8.53. The molecule has 2 rings (SSSR count). The molecule has 5 nitrogen and oxygen atoms in total. The largest absolute Gasteiger partial charge is 0.481 e. The molecule has 26 heavy (non-hydrogen) atoms. The van der Waals surface area contributed by atoms with Gasteiger partial charge in [-0.05, 0) is 60.6 Å². The van der Waals surface area contributed by atoms with Gasteiger partial charge in [-0.1, -0.05) is 32.9 Å². The fourth-order valence-electron chi connectivity index (χ4n) is 3.86. The van der Waals surface area contributed by atoms with Crippen molar-refractivity contribution in [2.24, 2.45) is 23.0 Å². The predicted molar refractivity (Wildman–Crippen MR) is 103 cm³/mol. The lowest BCUT2D eigenvalue weighted by molar-refractivity contribution is -0.136. The maximum Gasteiger partial charge on any atom is 0.305 e. The second-order valence-corrected chi connectivity index (χ2v) is 8.53. The van der Waals surface area contributed by atoms with Crippen LogP contribution in [0.3, 0.4) is 0 Å². The summed E-state index contributed by atoms with van der Waals surface area (Å²) >= 11 is 0. The average molecular weight is 360 g/mol. The summed E-state index contributed by atoms with van der Waals surface area (Å²) in [5.74, 6) is 0.0801. The van der Waals surface area contributed by atoms with E-state index in [4.69, 9.17) is 10.8 Å². The third-order valence-electron chi connectivity index (χ3n) is 5.69. The quantitative estimate of drug-likeness (QED) is 0.720. The Morgan fingerprint density at radius 3 is 2.23 bits per heavy atom. The second kappa shape index (κ2) is 8.67. The summed E-state index contributed by atoms with van der Waals surface area (Å²) in [6.45, 7) is 7.08. The molecule has 144 valence electrons. The van der Waals surface area contributed by atoms with E-state index in [1.165, 1.54) is 12.8 Å². The number of nitrogens with one attached hydrogen (secondary N) is 1. The number of carboxylic acid groups (broad SMARTS) is 1. The lowest BCUT2D eigenvalue weighted by Crippen LogP contribution is -2.30. The normalized spacial score (nSPS) is 21.8. The van der Waals surface area contributed by atoms with Crippen LogP contribution in [-0.4, -0.2) is 23.5 Å². The summed E-state index contributed by atoms with van der Waals surface area (Å²) in [4.78, 5) is 22.5. The number of aliphatic carboxylic acids is 1. The van der Waals surface area contributed by atoms with Gasteiger partial charge in [-0.3, -0.25) is 9.59 Å². The van der Waals surface area contributed by atoms with E-state index in [0.717, 1.165) is 24.3 Å². The van der Waals surface area contributed by atoms with E-state index >= 15 is 0 Å². The molecule has 0 spiro atoms. The zero-order valence-corrected chi connectivity index (χ0v) is 16.1. The van der Waals surface area contributed by atoms with Crippen LogP contribution in [0, 0.1) is 17.3 Å². The van der Waals surface area contributed by atoms with Crippen molar-refractivity contribution in [1.29, 1.82) is 0 Å². The predicted octanol–water partition coefficient (Wildman–Crippen LogP) is 3.74. The monoisotopic (exact) mass is 360 g/mol. The van der Waals surface area contributed by atoms with Gasteiger partial charge in [0.15, 0.2) is 0 Å². The molecule has 1 unspecified atom stereocenters. The standard InChI is InChI=1S/C21H32N2O3/c1-21(2,3)17-10-8-15(9-11-17)19(22)14-4-6-16(7-5-14)20(26)23-13-12-18(24)25/h4-7,15,17,19H,8-13,22H2,1-3H3,(H,23,26)(H,24,25).